The van der Waals surface area contributed by atoms with Crippen molar-refractivity contribution in [1.29, 1.82) is 0 Å². The lowest BCUT2D eigenvalue weighted by atomic mass is 10.1. The van der Waals surface area contributed by atoms with E-state index < -0.39 is 23.1 Å². The van der Waals surface area contributed by atoms with Crippen molar-refractivity contribution < 1.29 is 13.6 Å². The van der Waals surface area contributed by atoms with Gasteiger partial charge in [-0.3, -0.25) is 9.59 Å². The van der Waals surface area contributed by atoms with Crippen molar-refractivity contribution in [2.75, 3.05) is 32.1 Å². The number of hydrogen-bond acceptors (Lipinski definition) is 6. The first-order chi connectivity index (χ1) is 17.9. The van der Waals surface area contributed by atoms with Gasteiger partial charge in [-0.25, -0.2) is 18.7 Å². The molecule has 10 heteroatoms. The summed E-state index contributed by atoms with van der Waals surface area (Å²) in [4.78, 5) is 36.6. The molecule has 0 atom stereocenters. The average molecular weight is 507 g/mol. The maximum Gasteiger partial charge on any atom is 0.263 e. The van der Waals surface area contributed by atoms with Gasteiger partial charge >= 0.3 is 0 Å². The molecule has 0 fully saturated rings. The van der Waals surface area contributed by atoms with Gasteiger partial charge in [-0.2, -0.15) is 0 Å². The summed E-state index contributed by atoms with van der Waals surface area (Å²) in [5.74, 6) is -1.68. The lowest BCUT2D eigenvalue weighted by molar-refractivity contribution is 0.0949. The molecular formula is C27H28F2N6O2. The van der Waals surface area contributed by atoms with Crippen LogP contribution in [0.2, 0.25) is 0 Å². The van der Waals surface area contributed by atoms with Crippen LogP contribution in [0, 0.1) is 11.6 Å². The van der Waals surface area contributed by atoms with Crippen LogP contribution in [0.4, 0.5) is 14.6 Å². The highest BCUT2D eigenvalue weighted by Crippen LogP contribution is 2.23. The Hall–Kier alpha value is -4.18. The fourth-order valence-electron chi connectivity index (χ4n) is 4.05. The van der Waals surface area contributed by atoms with E-state index >= 15 is 0 Å². The van der Waals surface area contributed by atoms with Crippen LogP contribution in [0.5, 0.6) is 0 Å². The molecular weight excluding hydrogens is 478 g/mol. The number of nitrogens with zero attached hydrogens (tertiary/aromatic N) is 4. The van der Waals surface area contributed by atoms with Crippen molar-refractivity contribution in [3.8, 4) is 0 Å². The number of carbonyl (C=O) groups is 1. The lowest BCUT2D eigenvalue weighted by Gasteiger charge is -2.19. The largest absolute Gasteiger partial charge is 0.359 e. The molecule has 0 bridgehead atoms. The number of rotatable bonds is 10. The molecule has 2 aromatic heterocycles. The second-order valence-electron chi connectivity index (χ2n) is 8.71. The van der Waals surface area contributed by atoms with Crippen molar-refractivity contribution >= 4 is 22.6 Å². The lowest BCUT2D eigenvalue weighted by Crippen LogP contribution is -2.32. The van der Waals surface area contributed by atoms with Crippen molar-refractivity contribution in [1.82, 2.24) is 25.2 Å². The van der Waals surface area contributed by atoms with Gasteiger partial charge in [0, 0.05) is 31.7 Å². The molecule has 0 aliphatic rings. The number of nitrogens with one attached hydrogen (secondary N) is 2. The smallest absolute Gasteiger partial charge is 0.263 e. The average Bonchev–Trinajstić information content (AvgIpc) is 2.90. The van der Waals surface area contributed by atoms with Gasteiger partial charge in [0.05, 0.1) is 12.1 Å². The zero-order chi connectivity index (χ0) is 26.4. The molecule has 8 nitrogen and oxygen atoms in total. The maximum absolute atomic E-state index is 13.5. The van der Waals surface area contributed by atoms with E-state index in [9.17, 15) is 18.4 Å². The standard InChI is InChI=1S/C27H28F2N6O2/c1-30-10-4-11-34(2)25-21-13-18(7-9-24(21)32-17-33-25)15-31-26(36)20-5-3-12-35(27(20)37)16-19-6-8-22(28)23(29)14-19/h3,5-9,12-14,17,30H,4,10-11,15-16H2,1-2H3,(H,31,36). The number of fused-ring (bicyclic) bond motifs is 1. The fraction of sp³-hybridized carbons (Fsp3) is 0.259. The summed E-state index contributed by atoms with van der Waals surface area (Å²) in [5.41, 5.74) is 1.47. The number of hydrogen-bond donors (Lipinski definition) is 2. The van der Waals surface area contributed by atoms with Gasteiger partial charge in [0.15, 0.2) is 11.6 Å². The van der Waals surface area contributed by atoms with E-state index in [1.165, 1.54) is 29.2 Å². The molecule has 0 radical (unpaired) electrons. The second kappa shape index (κ2) is 11.7. The molecule has 4 aromatic rings. The highest BCUT2D eigenvalue weighted by Gasteiger charge is 2.14. The minimum Gasteiger partial charge on any atom is -0.359 e. The van der Waals surface area contributed by atoms with E-state index in [2.05, 4.69) is 25.5 Å². The normalized spacial score (nSPS) is 11.0. The van der Waals surface area contributed by atoms with Crippen LogP contribution in [-0.2, 0) is 13.1 Å². The Morgan fingerprint density at radius 3 is 2.65 bits per heavy atom. The Morgan fingerprint density at radius 1 is 1.05 bits per heavy atom. The number of halogens is 2. The highest BCUT2D eigenvalue weighted by molar-refractivity contribution is 5.94. The minimum atomic E-state index is -0.993. The van der Waals surface area contributed by atoms with Crippen LogP contribution in [-0.4, -0.2) is 47.6 Å². The van der Waals surface area contributed by atoms with E-state index in [0.29, 0.717) is 5.56 Å². The van der Waals surface area contributed by atoms with Gasteiger partial charge in [-0.1, -0.05) is 12.1 Å². The van der Waals surface area contributed by atoms with Gasteiger partial charge in [0.25, 0.3) is 11.5 Å². The minimum absolute atomic E-state index is 0.00639. The third kappa shape index (κ3) is 6.15. The molecule has 0 saturated carbocycles. The molecule has 2 aromatic carbocycles. The van der Waals surface area contributed by atoms with Gasteiger partial charge < -0.3 is 20.1 Å². The summed E-state index contributed by atoms with van der Waals surface area (Å²) >= 11 is 0. The van der Waals surface area contributed by atoms with E-state index in [4.69, 9.17) is 0 Å². The highest BCUT2D eigenvalue weighted by atomic mass is 19.2. The molecule has 4 rings (SSSR count). The molecule has 2 N–H and O–H groups in total. The van der Waals surface area contributed by atoms with Gasteiger partial charge in [-0.15, -0.1) is 0 Å². The summed E-state index contributed by atoms with van der Waals surface area (Å²) in [5, 5.41) is 6.80. The molecule has 0 aliphatic carbocycles. The third-order valence-corrected chi connectivity index (χ3v) is 6.02. The van der Waals surface area contributed by atoms with Gasteiger partial charge in [-0.05, 0) is 67.5 Å². The van der Waals surface area contributed by atoms with Crippen molar-refractivity contribution in [2.45, 2.75) is 19.5 Å². The molecule has 0 aliphatic heterocycles. The maximum atomic E-state index is 13.5. The predicted octanol–water partition coefficient (Wildman–Crippen LogP) is 3.09. The molecule has 2 heterocycles. The predicted molar refractivity (Wildman–Crippen MR) is 139 cm³/mol. The van der Waals surface area contributed by atoms with Crippen LogP contribution in [0.1, 0.15) is 27.9 Å². The number of pyridine rings is 1. The van der Waals surface area contributed by atoms with E-state index in [1.54, 1.807) is 6.07 Å². The summed E-state index contributed by atoms with van der Waals surface area (Å²) < 4.78 is 28.0. The van der Waals surface area contributed by atoms with Gasteiger partial charge in [0.1, 0.15) is 17.7 Å². The number of carbonyl (C=O) groups excluding carboxylic acids is 1. The van der Waals surface area contributed by atoms with Crippen LogP contribution < -0.4 is 21.1 Å². The van der Waals surface area contributed by atoms with E-state index in [1.807, 2.05) is 32.3 Å². The molecule has 0 spiro atoms. The Labute approximate surface area is 213 Å². The number of anilines is 1. The topological polar surface area (TPSA) is 92.2 Å². The fourth-order valence-corrected chi connectivity index (χ4v) is 4.05. The van der Waals surface area contributed by atoms with Crippen LogP contribution >= 0.6 is 0 Å². The number of aromatic nitrogens is 3. The van der Waals surface area contributed by atoms with Crippen LogP contribution in [0.15, 0.2) is 65.8 Å². The molecule has 0 unspecified atom stereocenters. The summed E-state index contributed by atoms with van der Waals surface area (Å²) in [6.45, 7) is 1.92. The van der Waals surface area contributed by atoms with Crippen LogP contribution in [0.25, 0.3) is 10.9 Å². The Kier molecular flexibility index (Phi) is 8.19. The zero-order valence-electron chi connectivity index (χ0n) is 20.7. The zero-order valence-corrected chi connectivity index (χ0v) is 20.7. The quantitative estimate of drug-likeness (QED) is 0.321. The number of benzene rings is 2. The summed E-state index contributed by atoms with van der Waals surface area (Å²) in [6, 6.07) is 12.1. The molecule has 0 saturated heterocycles. The summed E-state index contributed by atoms with van der Waals surface area (Å²) in [7, 11) is 3.89. The van der Waals surface area contributed by atoms with Gasteiger partial charge in [0.2, 0.25) is 0 Å². The first-order valence-corrected chi connectivity index (χ1v) is 11.9. The second-order valence-corrected chi connectivity index (χ2v) is 8.71. The monoisotopic (exact) mass is 506 g/mol. The van der Waals surface area contributed by atoms with Crippen molar-refractivity contribution in [3.05, 3.63) is 99.7 Å². The van der Waals surface area contributed by atoms with E-state index in [0.717, 1.165) is 53.9 Å². The van der Waals surface area contributed by atoms with E-state index in [-0.39, 0.29) is 18.7 Å². The first-order valence-electron chi connectivity index (χ1n) is 11.9. The first kappa shape index (κ1) is 25.9. The van der Waals surface area contributed by atoms with Crippen molar-refractivity contribution in [2.24, 2.45) is 0 Å². The summed E-state index contributed by atoms with van der Waals surface area (Å²) in [6.07, 6.45) is 3.99. The number of amides is 1. The molecule has 37 heavy (non-hydrogen) atoms. The SMILES string of the molecule is CNCCCN(C)c1ncnc2ccc(CNC(=O)c3cccn(Cc4ccc(F)c(F)c4)c3=O)cc12. The van der Waals surface area contributed by atoms with Crippen LogP contribution in [0.3, 0.4) is 0 Å². The molecule has 192 valence electrons. The Balaban J connectivity index is 1.49. The Bertz CT molecular complexity index is 1470. The Morgan fingerprint density at radius 2 is 1.86 bits per heavy atom. The van der Waals surface area contributed by atoms with Crippen molar-refractivity contribution in [3.63, 3.8) is 0 Å². The molecule has 1 amide bonds. The third-order valence-electron chi connectivity index (χ3n) is 6.02.